The number of likely N-dealkylation sites (tertiary alicyclic amines) is 1. The van der Waals surface area contributed by atoms with Gasteiger partial charge >= 0.3 is 5.63 Å². The number of ether oxygens (including phenoxy) is 2. The Balaban J connectivity index is 1.47. The molecule has 8 heteroatoms. The number of nitrogens with zero attached hydrogens (tertiary/aromatic N) is 1. The molecule has 1 unspecified atom stereocenters. The van der Waals surface area contributed by atoms with Crippen molar-refractivity contribution in [1.82, 2.24) is 9.88 Å². The van der Waals surface area contributed by atoms with Crippen molar-refractivity contribution in [2.45, 2.75) is 25.9 Å². The number of piperidine rings is 1. The molecule has 8 nitrogen and oxygen atoms in total. The Morgan fingerprint density at radius 1 is 1.21 bits per heavy atom. The third-order valence-electron chi connectivity index (χ3n) is 6.28. The zero-order valence-corrected chi connectivity index (χ0v) is 19.4. The fraction of sp³-hybridized carbons (Fsp3) is 0.308. The maximum atomic E-state index is 12.8. The molecule has 2 N–H and O–H groups in total. The van der Waals surface area contributed by atoms with E-state index in [4.69, 9.17) is 13.9 Å². The second-order valence-corrected chi connectivity index (χ2v) is 8.77. The summed E-state index contributed by atoms with van der Waals surface area (Å²) in [6, 6.07) is 12.7. The molecule has 1 saturated heterocycles. The first-order chi connectivity index (χ1) is 16.4. The van der Waals surface area contributed by atoms with Gasteiger partial charge in [0.25, 0.3) is 5.91 Å². The normalized spacial score (nSPS) is 16.6. The highest BCUT2D eigenvalue weighted by molar-refractivity contribution is 6.06. The molecule has 176 valence electrons. The van der Waals surface area contributed by atoms with E-state index in [1.807, 2.05) is 31.2 Å². The fourth-order valence-electron chi connectivity index (χ4n) is 4.53. The molecule has 0 radical (unpaired) electrons. The van der Waals surface area contributed by atoms with Crippen molar-refractivity contribution in [3.63, 3.8) is 0 Å². The van der Waals surface area contributed by atoms with Crippen LogP contribution >= 0.6 is 0 Å². The monoisotopic (exact) mass is 461 g/mol. The van der Waals surface area contributed by atoms with E-state index in [2.05, 4.69) is 22.2 Å². The van der Waals surface area contributed by atoms with Crippen LogP contribution in [0.1, 0.15) is 28.9 Å². The minimum Gasteiger partial charge on any atom is -0.493 e. The molecule has 1 aliphatic rings. The number of hydrogen-bond acceptors (Lipinski definition) is 6. The first kappa shape index (κ1) is 22.0. The minimum absolute atomic E-state index is 0.0328. The first-order valence-electron chi connectivity index (χ1n) is 11.3. The van der Waals surface area contributed by atoms with Crippen LogP contribution in [0.5, 0.6) is 11.5 Å². The highest BCUT2D eigenvalue weighted by Gasteiger charge is 2.23. The predicted octanol–water partition coefficient (Wildman–Crippen LogP) is 4.32. The molecule has 34 heavy (non-hydrogen) atoms. The third-order valence-corrected chi connectivity index (χ3v) is 6.28. The highest BCUT2D eigenvalue weighted by Crippen LogP contribution is 2.38. The number of para-hydroxylation sites is 1. The summed E-state index contributed by atoms with van der Waals surface area (Å²) in [6.07, 6.45) is 2.04. The largest absolute Gasteiger partial charge is 0.493 e. The SMILES string of the molecule is COc1cc2cc(NC(=O)c3cc4ccccc4[nH]3)c(=O)oc2c(C)c1OC1CCCN(C)C1. The van der Waals surface area contributed by atoms with Crippen molar-refractivity contribution in [3.05, 3.63) is 64.1 Å². The highest BCUT2D eigenvalue weighted by atomic mass is 16.5. The Hall–Kier alpha value is -3.78. The molecule has 1 amide bonds. The zero-order chi connectivity index (χ0) is 23.8. The summed E-state index contributed by atoms with van der Waals surface area (Å²) in [7, 11) is 3.66. The number of aryl methyl sites for hydroxylation is 1. The number of rotatable bonds is 5. The number of H-pyrrole nitrogens is 1. The Bertz CT molecular complexity index is 1400. The molecule has 1 atom stereocenters. The topological polar surface area (TPSA) is 96.8 Å². The van der Waals surface area contributed by atoms with Crippen molar-refractivity contribution in [2.24, 2.45) is 0 Å². The van der Waals surface area contributed by atoms with Gasteiger partial charge in [0.15, 0.2) is 11.5 Å². The number of carbonyl (C=O) groups excluding carboxylic acids is 1. The number of hydrogen-bond donors (Lipinski definition) is 2. The van der Waals surface area contributed by atoms with E-state index in [9.17, 15) is 9.59 Å². The number of anilines is 1. The number of aromatic nitrogens is 1. The first-order valence-corrected chi connectivity index (χ1v) is 11.3. The molecule has 0 aliphatic carbocycles. The van der Waals surface area contributed by atoms with Gasteiger partial charge in [0.1, 0.15) is 23.1 Å². The van der Waals surface area contributed by atoms with Gasteiger partial charge in [-0.25, -0.2) is 4.79 Å². The van der Waals surface area contributed by atoms with E-state index in [1.165, 1.54) is 0 Å². The van der Waals surface area contributed by atoms with E-state index in [0.717, 1.165) is 36.8 Å². The van der Waals surface area contributed by atoms with Crippen molar-refractivity contribution < 1.29 is 18.7 Å². The number of amides is 1. The number of fused-ring (bicyclic) bond motifs is 2. The molecular formula is C26H27N3O5. The zero-order valence-electron chi connectivity index (χ0n) is 19.4. The lowest BCUT2D eigenvalue weighted by molar-refractivity contribution is 0.100. The average Bonchev–Trinajstić information content (AvgIpc) is 3.26. The minimum atomic E-state index is -0.631. The van der Waals surface area contributed by atoms with Crippen LogP contribution in [0.15, 0.2) is 51.7 Å². The maximum Gasteiger partial charge on any atom is 0.360 e. The molecule has 0 saturated carbocycles. The number of nitrogens with one attached hydrogen (secondary N) is 2. The van der Waals surface area contributed by atoms with Crippen molar-refractivity contribution >= 4 is 33.5 Å². The Morgan fingerprint density at radius 3 is 2.79 bits per heavy atom. The van der Waals surface area contributed by atoms with Gasteiger partial charge in [-0.15, -0.1) is 0 Å². The molecule has 1 fully saturated rings. The van der Waals surface area contributed by atoms with Crippen LogP contribution in [0.3, 0.4) is 0 Å². The summed E-state index contributed by atoms with van der Waals surface area (Å²) in [6.45, 7) is 3.72. The summed E-state index contributed by atoms with van der Waals surface area (Å²) in [5, 5.41) is 4.21. The van der Waals surface area contributed by atoms with E-state index in [1.54, 1.807) is 25.3 Å². The van der Waals surface area contributed by atoms with Crippen molar-refractivity contribution in [2.75, 3.05) is 32.6 Å². The molecular weight excluding hydrogens is 434 g/mol. The van der Waals surface area contributed by atoms with Crippen LogP contribution in [0, 0.1) is 6.92 Å². The summed E-state index contributed by atoms with van der Waals surface area (Å²) in [4.78, 5) is 30.8. The molecule has 1 aliphatic heterocycles. The second kappa shape index (κ2) is 8.87. The van der Waals surface area contributed by atoms with Crippen LogP contribution < -0.4 is 20.4 Å². The van der Waals surface area contributed by atoms with E-state index < -0.39 is 11.5 Å². The second-order valence-electron chi connectivity index (χ2n) is 8.77. The Morgan fingerprint density at radius 2 is 2.03 bits per heavy atom. The summed E-state index contributed by atoms with van der Waals surface area (Å²) in [5.41, 5.74) is 1.72. The lowest BCUT2D eigenvalue weighted by Crippen LogP contribution is -2.38. The number of methoxy groups -OCH3 is 1. The van der Waals surface area contributed by atoms with Gasteiger partial charge in [-0.05, 0) is 57.6 Å². The van der Waals surface area contributed by atoms with Crippen LogP contribution in [-0.2, 0) is 0 Å². The number of aromatic amines is 1. The Kier molecular flexibility index (Phi) is 5.75. The molecule has 5 rings (SSSR count). The van der Waals surface area contributed by atoms with Gasteiger partial charge in [-0.1, -0.05) is 18.2 Å². The van der Waals surface area contributed by atoms with Gasteiger partial charge in [-0.2, -0.15) is 0 Å². The Labute approximate surface area is 196 Å². The van der Waals surface area contributed by atoms with Crippen LogP contribution in [-0.4, -0.2) is 49.1 Å². The van der Waals surface area contributed by atoms with Gasteiger partial charge in [0.05, 0.1) is 7.11 Å². The number of likely N-dealkylation sites (N-methyl/N-ethyl adjacent to an activating group) is 1. The molecule has 3 heterocycles. The maximum absolute atomic E-state index is 12.8. The summed E-state index contributed by atoms with van der Waals surface area (Å²) in [5.74, 6) is 0.709. The van der Waals surface area contributed by atoms with Crippen molar-refractivity contribution in [3.8, 4) is 11.5 Å². The standard InChI is InChI=1S/C26H27N3O5/c1-15-23-17(13-22(32-3)24(15)33-18-8-6-10-29(2)14-18)12-21(26(31)34-23)28-25(30)20-11-16-7-4-5-9-19(16)27-20/h4-5,7,9,11-13,18,27H,6,8,10,14H2,1-3H3,(H,28,30). The summed E-state index contributed by atoms with van der Waals surface area (Å²) >= 11 is 0. The number of benzene rings is 2. The van der Waals surface area contributed by atoms with E-state index in [-0.39, 0.29) is 11.8 Å². The average molecular weight is 462 g/mol. The smallest absolute Gasteiger partial charge is 0.360 e. The molecule has 0 bridgehead atoms. The van der Waals surface area contributed by atoms with Crippen LogP contribution in [0.25, 0.3) is 21.9 Å². The molecule has 2 aromatic carbocycles. The molecule has 2 aromatic heterocycles. The molecule has 4 aromatic rings. The van der Waals surface area contributed by atoms with E-state index >= 15 is 0 Å². The molecule has 0 spiro atoms. The lowest BCUT2D eigenvalue weighted by atomic mass is 10.1. The lowest BCUT2D eigenvalue weighted by Gasteiger charge is -2.31. The quantitative estimate of drug-likeness (QED) is 0.430. The third kappa shape index (κ3) is 4.12. The van der Waals surface area contributed by atoms with Gasteiger partial charge in [-0.3, -0.25) is 4.79 Å². The predicted molar refractivity (Wildman–Crippen MR) is 131 cm³/mol. The van der Waals surface area contributed by atoms with Gasteiger partial charge in [0, 0.05) is 28.4 Å². The fourth-order valence-corrected chi connectivity index (χ4v) is 4.53. The van der Waals surface area contributed by atoms with Crippen molar-refractivity contribution in [1.29, 1.82) is 0 Å². The van der Waals surface area contributed by atoms with Crippen LogP contribution in [0.2, 0.25) is 0 Å². The summed E-state index contributed by atoms with van der Waals surface area (Å²) < 4.78 is 17.6. The van der Waals surface area contributed by atoms with E-state index in [0.29, 0.717) is 33.7 Å². The number of carbonyl (C=O) groups is 1. The van der Waals surface area contributed by atoms with Gasteiger partial charge < -0.3 is 29.1 Å². The van der Waals surface area contributed by atoms with Crippen LogP contribution in [0.4, 0.5) is 5.69 Å². The van der Waals surface area contributed by atoms with Gasteiger partial charge in [0.2, 0.25) is 0 Å².